The number of sulfonamides is 1. The van der Waals surface area contributed by atoms with E-state index in [1.165, 1.54) is 9.71 Å². The SMILES string of the molecule is O=S(=O)(/C=C/c1ccccc1)N1CCN(Cn2c(NCCO)nc3ccccc32)CC1. The second-order valence-corrected chi connectivity index (χ2v) is 9.24. The van der Waals surface area contributed by atoms with Crippen LogP contribution in [0.4, 0.5) is 5.95 Å². The second-order valence-electron chi connectivity index (χ2n) is 7.42. The molecule has 3 aromatic rings. The number of hydrogen-bond acceptors (Lipinski definition) is 6. The number of aliphatic hydroxyl groups excluding tert-OH is 1. The van der Waals surface area contributed by atoms with Crippen molar-refractivity contribution < 1.29 is 13.5 Å². The van der Waals surface area contributed by atoms with Gasteiger partial charge in [0.15, 0.2) is 0 Å². The third-order valence-corrected chi connectivity index (χ3v) is 6.88. The molecule has 0 spiro atoms. The van der Waals surface area contributed by atoms with E-state index in [-0.39, 0.29) is 6.61 Å². The van der Waals surface area contributed by atoms with Crippen molar-refractivity contribution in [1.29, 1.82) is 0 Å². The van der Waals surface area contributed by atoms with Gasteiger partial charge in [0.2, 0.25) is 16.0 Å². The molecule has 0 radical (unpaired) electrons. The van der Waals surface area contributed by atoms with Crippen LogP contribution >= 0.6 is 0 Å². The van der Waals surface area contributed by atoms with E-state index < -0.39 is 10.0 Å². The summed E-state index contributed by atoms with van der Waals surface area (Å²) in [7, 11) is -3.45. The van der Waals surface area contributed by atoms with Crippen molar-refractivity contribution in [3.8, 4) is 0 Å². The van der Waals surface area contributed by atoms with Crippen molar-refractivity contribution in [1.82, 2.24) is 18.8 Å². The maximum absolute atomic E-state index is 12.7. The average Bonchev–Trinajstić information content (AvgIpc) is 3.15. The molecule has 164 valence electrons. The first-order valence-electron chi connectivity index (χ1n) is 10.3. The molecule has 31 heavy (non-hydrogen) atoms. The Hall–Kier alpha value is -2.72. The molecule has 1 saturated heterocycles. The predicted molar refractivity (Wildman–Crippen MR) is 123 cm³/mol. The molecule has 0 saturated carbocycles. The van der Waals surface area contributed by atoms with Crippen LogP contribution in [0.3, 0.4) is 0 Å². The molecule has 2 aromatic carbocycles. The molecule has 1 fully saturated rings. The molecule has 1 aliphatic heterocycles. The largest absolute Gasteiger partial charge is 0.395 e. The third-order valence-electron chi connectivity index (χ3n) is 5.31. The fourth-order valence-corrected chi connectivity index (χ4v) is 4.84. The molecular weight excluding hydrogens is 414 g/mol. The lowest BCUT2D eigenvalue weighted by Crippen LogP contribution is -2.48. The Morgan fingerprint density at radius 2 is 1.71 bits per heavy atom. The smallest absolute Gasteiger partial charge is 0.236 e. The van der Waals surface area contributed by atoms with E-state index in [4.69, 9.17) is 5.11 Å². The van der Waals surface area contributed by atoms with E-state index >= 15 is 0 Å². The van der Waals surface area contributed by atoms with E-state index in [2.05, 4.69) is 19.8 Å². The van der Waals surface area contributed by atoms with Gasteiger partial charge < -0.3 is 10.4 Å². The van der Waals surface area contributed by atoms with Gasteiger partial charge in [-0.3, -0.25) is 9.47 Å². The Labute approximate surface area is 182 Å². The molecule has 0 amide bonds. The van der Waals surface area contributed by atoms with Crippen LogP contribution in [0.5, 0.6) is 0 Å². The Balaban J connectivity index is 1.42. The highest BCUT2D eigenvalue weighted by Crippen LogP contribution is 2.21. The van der Waals surface area contributed by atoms with Crippen LogP contribution in [0.25, 0.3) is 17.1 Å². The van der Waals surface area contributed by atoms with Crippen molar-refractivity contribution in [2.24, 2.45) is 0 Å². The number of imidazole rings is 1. The monoisotopic (exact) mass is 441 g/mol. The summed E-state index contributed by atoms with van der Waals surface area (Å²) in [5, 5.41) is 13.6. The summed E-state index contributed by atoms with van der Waals surface area (Å²) in [5.41, 5.74) is 2.75. The summed E-state index contributed by atoms with van der Waals surface area (Å²) in [6.07, 6.45) is 1.64. The first-order valence-corrected chi connectivity index (χ1v) is 11.8. The standard InChI is InChI=1S/C22H27N5O3S/c28-16-11-23-22-24-20-8-4-5-9-21(20)27(22)18-25-12-14-26(15-13-25)31(29,30)17-10-19-6-2-1-3-7-19/h1-10,17,28H,11-16,18H2,(H,23,24)/b17-10+. The number of fused-ring (bicyclic) bond motifs is 1. The lowest BCUT2D eigenvalue weighted by atomic mass is 10.2. The maximum atomic E-state index is 12.7. The van der Waals surface area contributed by atoms with Crippen molar-refractivity contribution in [2.45, 2.75) is 6.67 Å². The van der Waals surface area contributed by atoms with E-state index in [1.54, 1.807) is 6.08 Å². The Bertz CT molecular complexity index is 1140. The molecule has 2 N–H and O–H groups in total. The first-order chi connectivity index (χ1) is 15.1. The molecule has 0 unspecified atom stereocenters. The highest BCUT2D eigenvalue weighted by Gasteiger charge is 2.25. The van der Waals surface area contributed by atoms with Gasteiger partial charge in [-0.15, -0.1) is 0 Å². The van der Waals surface area contributed by atoms with E-state index in [0.717, 1.165) is 16.6 Å². The normalized spacial score (nSPS) is 16.3. The van der Waals surface area contributed by atoms with Gasteiger partial charge >= 0.3 is 0 Å². The van der Waals surface area contributed by atoms with Gasteiger partial charge in [-0.2, -0.15) is 4.31 Å². The predicted octanol–water partition coefficient (Wildman–Crippen LogP) is 2.02. The van der Waals surface area contributed by atoms with Crippen molar-refractivity contribution in [3.05, 3.63) is 65.6 Å². The van der Waals surface area contributed by atoms with E-state index in [9.17, 15) is 8.42 Å². The summed E-state index contributed by atoms with van der Waals surface area (Å²) in [6, 6.07) is 17.3. The first kappa shape index (κ1) is 21.5. The average molecular weight is 442 g/mol. The topological polar surface area (TPSA) is 90.7 Å². The van der Waals surface area contributed by atoms with Crippen LogP contribution < -0.4 is 5.32 Å². The molecular formula is C22H27N5O3S. The van der Waals surface area contributed by atoms with Gasteiger partial charge in [0.1, 0.15) is 0 Å². The van der Waals surface area contributed by atoms with Crippen molar-refractivity contribution >= 4 is 33.1 Å². The molecule has 9 heteroatoms. The Kier molecular flexibility index (Phi) is 6.67. The molecule has 4 rings (SSSR count). The van der Waals surface area contributed by atoms with Crippen LogP contribution in [-0.4, -0.2) is 71.6 Å². The number of para-hydroxylation sites is 2. The fourth-order valence-electron chi connectivity index (χ4n) is 3.66. The quantitative estimate of drug-likeness (QED) is 0.556. The van der Waals surface area contributed by atoms with Crippen LogP contribution in [0.1, 0.15) is 5.56 Å². The van der Waals surface area contributed by atoms with Gasteiger partial charge in [0, 0.05) is 38.1 Å². The minimum absolute atomic E-state index is 0.0240. The lowest BCUT2D eigenvalue weighted by molar-refractivity contribution is 0.156. The van der Waals surface area contributed by atoms with Crippen LogP contribution in [-0.2, 0) is 16.7 Å². The number of aliphatic hydroxyl groups is 1. The summed E-state index contributed by atoms with van der Waals surface area (Å²) >= 11 is 0. The zero-order valence-electron chi connectivity index (χ0n) is 17.3. The van der Waals surface area contributed by atoms with Gasteiger partial charge in [-0.25, -0.2) is 13.4 Å². The van der Waals surface area contributed by atoms with Crippen LogP contribution in [0.15, 0.2) is 60.0 Å². The number of aromatic nitrogens is 2. The zero-order valence-corrected chi connectivity index (χ0v) is 18.1. The van der Waals surface area contributed by atoms with E-state index in [1.807, 2.05) is 54.6 Å². The summed E-state index contributed by atoms with van der Waals surface area (Å²) in [4.78, 5) is 6.84. The number of piperazine rings is 1. The Morgan fingerprint density at radius 1 is 1.00 bits per heavy atom. The number of anilines is 1. The fraction of sp³-hybridized carbons (Fsp3) is 0.318. The summed E-state index contributed by atoms with van der Waals surface area (Å²) in [6.45, 7) is 3.18. The molecule has 1 aliphatic rings. The summed E-state index contributed by atoms with van der Waals surface area (Å²) < 4.78 is 29.0. The number of nitrogens with zero attached hydrogens (tertiary/aromatic N) is 4. The molecule has 0 aliphatic carbocycles. The number of benzene rings is 2. The van der Waals surface area contributed by atoms with Gasteiger partial charge in [0.05, 0.1) is 24.3 Å². The summed E-state index contributed by atoms with van der Waals surface area (Å²) in [5.74, 6) is 0.705. The van der Waals surface area contributed by atoms with Gasteiger partial charge in [0.25, 0.3) is 0 Å². The molecule has 8 nitrogen and oxygen atoms in total. The minimum atomic E-state index is -3.45. The lowest BCUT2D eigenvalue weighted by Gasteiger charge is -2.33. The molecule has 1 aromatic heterocycles. The van der Waals surface area contributed by atoms with Crippen LogP contribution in [0.2, 0.25) is 0 Å². The highest BCUT2D eigenvalue weighted by atomic mass is 32.2. The molecule has 0 atom stereocenters. The molecule has 2 heterocycles. The molecule has 0 bridgehead atoms. The van der Waals surface area contributed by atoms with Crippen LogP contribution in [0, 0.1) is 0 Å². The second kappa shape index (κ2) is 9.61. The highest BCUT2D eigenvalue weighted by molar-refractivity contribution is 7.92. The minimum Gasteiger partial charge on any atom is -0.395 e. The maximum Gasteiger partial charge on any atom is 0.236 e. The van der Waals surface area contributed by atoms with Gasteiger partial charge in [-0.1, -0.05) is 42.5 Å². The number of hydrogen-bond donors (Lipinski definition) is 2. The zero-order chi connectivity index (χ0) is 21.7. The third kappa shape index (κ3) is 5.13. The van der Waals surface area contributed by atoms with Crippen molar-refractivity contribution in [2.75, 3.05) is 44.6 Å². The number of nitrogens with one attached hydrogen (secondary N) is 1. The Morgan fingerprint density at radius 3 is 2.45 bits per heavy atom. The van der Waals surface area contributed by atoms with Gasteiger partial charge in [-0.05, 0) is 23.8 Å². The number of rotatable bonds is 8. The van der Waals surface area contributed by atoms with Crippen molar-refractivity contribution in [3.63, 3.8) is 0 Å². The van der Waals surface area contributed by atoms with E-state index in [0.29, 0.717) is 45.3 Å².